The third kappa shape index (κ3) is 4.73. The molecule has 1 saturated carbocycles. The van der Waals surface area contributed by atoms with Crippen molar-refractivity contribution in [2.75, 3.05) is 6.61 Å². The second-order valence-electron chi connectivity index (χ2n) is 5.62. The van der Waals surface area contributed by atoms with E-state index in [4.69, 9.17) is 4.74 Å². The van der Waals surface area contributed by atoms with Gasteiger partial charge in [-0.15, -0.1) is 0 Å². The van der Waals surface area contributed by atoms with Crippen LogP contribution in [0, 0.1) is 5.92 Å². The molecule has 1 aromatic heterocycles. The van der Waals surface area contributed by atoms with Crippen molar-refractivity contribution >= 4 is 24.7 Å². The number of nitrogens with zero attached hydrogens (tertiary/aromatic N) is 1. The molecule has 5 nitrogen and oxygen atoms in total. The van der Waals surface area contributed by atoms with Gasteiger partial charge in [0, 0.05) is 6.20 Å². The predicted octanol–water partition coefficient (Wildman–Crippen LogP) is 2.64. The largest absolute Gasteiger partial charge is 0.465 e. The summed E-state index contributed by atoms with van der Waals surface area (Å²) >= 11 is 3.74. The molecule has 1 aliphatic carbocycles. The van der Waals surface area contributed by atoms with E-state index in [0.29, 0.717) is 18.2 Å². The Morgan fingerprint density at radius 2 is 2.09 bits per heavy atom. The lowest BCUT2D eigenvalue weighted by Crippen LogP contribution is -2.31. The smallest absolute Gasteiger partial charge is 0.324 e. The molecule has 120 valence electrons. The van der Waals surface area contributed by atoms with E-state index in [1.54, 1.807) is 24.4 Å². The fraction of sp³-hybridized carbons (Fsp3) is 0.562. The molecule has 0 bridgehead atoms. The van der Waals surface area contributed by atoms with Crippen LogP contribution < -0.4 is 4.72 Å². The number of carbonyl (C=O) groups is 2. The third-order valence-electron chi connectivity index (χ3n) is 4.09. The molecular weight excluding hydrogens is 300 g/mol. The van der Waals surface area contributed by atoms with Gasteiger partial charge in [-0.2, -0.15) is 0 Å². The summed E-state index contributed by atoms with van der Waals surface area (Å²) in [5, 5.41) is 0. The van der Waals surface area contributed by atoms with E-state index >= 15 is 0 Å². The molecule has 2 rings (SSSR count). The SMILES string of the molecule is O=C(NS)C(C(=O)OCCC1CCCCC1)c1ccccn1. The van der Waals surface area contributed by atoms with Gasteiger partial charge in [0.2, 0.25) is 5.91 Å². The zero-order chi connectivity index (χ0) is 15.8. The molecule has 1 fully saturated rings. The van der Waals surface area contributed by atoms with Crippen LogP contribution in [0.25, 0.3) is 0 Å². The van der Waals surface area contributed by atoms with Gasteiger partial charge in [-0.05, 0) is 24.5 Å². The number of rotatable bonds is 6. The summed E-state index contributed by atoms with van der Waals surface area (Å²) in [5.41, 5.74) is 0.372. The summed E-state index contributed by atoms with van der Waals surface area (Å²) in [4.78, 5) is 28.2. The van der Waals surface area contributed by atoms with Crippen molar-refractivity contribution in [2.24, 2.45) is 5.92 Å². The van der Waals surface area contributed by atoms with Crippen molar-refractivity contribution in [1.82, 2.24) is 9.71 Å². The van der Waals surface area contributed by atoms with E-state index in [1.807, 2.05) is 0 Å². The van der Waals surface area contributed by atoms with Gasteiger partial charge in [-0.25, -0.2) is 0 Å². The molecule has 1 aromatic rings. The average molecular weight is 322 g/mol. The van der Waals surface area contributed by atoms with E-state index in [-0.39, 0.29) is 0 Å². The maximum atomic E-state index is 12.2. The van der Waals surface area contributed by atoms with Crippen LogP contribution in [0.4, 0.5) is 0 Å². The van der Waals surface area contributed by atoms with Gasteiger partial charge in [-0.1, -0.05) is 51.0 Å². The van der Waals surface area contributed by atoms with Crippen molar-refractivity contribution < 1.29 is 14.3 Å². The van der Waals surface area contributed by atoms with E-state index in [2.05, 4.69) is 22.5 Å². The van der Waals surface area contributed by atoms with Crippen LogP contribution in [0.5, 0.6) is 0 Å². The highest BCUT2D eigenvalue weighted by Gasteiger charge is 2.31. The Balaban J connectivity index is 1.90. The topological polar surface area (TPSA) is 68.3 Å². The standard InChI is InChI=1S/C16H22N2O3S/c19-15(18-22)14(13-8-4-5-10-17-13)16(20)21-11-9-12-6-2-1-3-7-12/h4-5,8,10,12,14,22H,1-3,6-7,9,11H2,(H,18,19). The minimum absolute atomic E-state index is 0.354. The summed E-state index contributed by atoms with van der Waals surface area (Å²) < 4.78 is 7.51. The molecule has 1 aliphatic rings. The average Bonchev–Trinajstić information content (AvgIpc) is 2.57. The summed E-state index contributed by atoms with van der Waals surface area (Å²) in [6, 6.07) is 5.10. The van der Waals surface area contributed by atoms with E-state index < -0.39 is 17.8 Å². The first-order chi connectivity index (χ1) is 10.7. The Hall–Kier alpha value is -1.56. The molecule has 0 aromatic carbocycles. The van der Waals surface area contributed by atoms with E-state index in [1.165, 1.54) is 32.1 Å². The van der Waals surface area contributed by atoms with Crippen molar-refractivity contribution in [3.63, 3.8) is 0 Å². The Labute approximate surface area is 136 Å². The van der Waals surface area contributed by atoms with E-state index in [0.717, 1.165) is 6.42 Å². The highest BCUT2D eigenvalue weighted by molar-refractivity contribution is 7.78. The molecule has 6 heteroatoms. The molecule has 0 spiro atoms. The van der Waals surface area contributed by atoms with Crippen molar-refractivity contribution in [2.45, 2.75) is 44.4 Å². The number of ether oxygens (including phenoxy) is 1. The van der Waals surface area contributed by atoms with Gasteiger partial charge in [-0.3, -0.25) is 14.6 Å². The van der Waals surface area contributed by atoms with Crippen molar-refractivity contribution in [3.05, 3.63) is 30.1 Å². The van der Waals surface area contributed by atoms with Gasteiger partial charge in [0.15, 0.2) is 5.92 Å². The Morgan fingerprint density at radius 1 is 1.32 bits per heavy atom. The number of amides is 1. The first-order valence-electron chi connectivity index (χ1n) is 7.74. The maximum absolute atomic E-state index is 12.2. The number of nitrogens with one attached hydrogen (secondary N) is 1. The van der Waals surface area contributed by atoms with Crippen LogP contribution in [-0.4, -0.2) is 23.5 Å². The highest BCUT2D eigenvalue weighted by Crippen LogP contribution is 2.26. The number of hydrogen-bond acceptors (Lipinski definition) is 5. The van der Waals surface area contributed by atoms with Crippen LogP contribution in [0.1, 0.15) is 50.1 Å². The fourth-order valence-corrected chi connectivity index (χ4v) is 2.99. The first kappa shape index (κ1) is 16.8. The molecule has 1 heterocycles. The summed E-state index contributed by atoms with van der Waals surface area (Å²) in [5.74, 6) is -1.52. The monoisotopic (exact) mass is 322 g/mol. The highest BCUT2D eigenvalue weighted by atomic mass is 32.1. The zero-order valence-corrected chi connectivity index (χ0v) is 13.4. The molecular formula is C16H22N2O3S. The Kier molecular flexibility index (Phi) is 6.71. The fourth-order valence-electron chi connectivity index (χ4n) is 2.86. The Morgan fingerprint density at radius 3 is 2.73 bits per heavy atom. The predicted molar refractivity (Wildman–Crippen MR) is 86.3 cm³/mol. The number of pyridine rings is 1. The minimum Gasteiger partial charge on any atom is -0.465 e. The van der Waals surface area contributed by atoms with Crippen LogP contribution in [0.3, 0.4) is 0 Å². The minimum atomic E-state index is -1.06. The van der Waals surface area contributed by atoms with E-state index in [9.17, 15) is 9.59 Å². The lowest BCUT2D eigenvalue weighted by molar-refractivity contribution is -0.148. The normalized spacial score (nSPS) is 16.8. The zero-order valence-electron chi connectivity index (χ0n) is 12.5. The lowest BCUT2D eigenvalue weighted by atomic mass is 9.87. The number of thiol groups is 1. The Bertz CT molecular complexity index is 489. The molecule has 1 N–H and O–H groups in total. The second-order valence-corrected chi connectivity index (χ2v) is 5.85. The van der Waals surface area contributed by atoms with Gasteiger partial charge in [0.25, 0.3) is 0 Å². The third-order valence-corrected chi connectivity index (χ3v) is 4.31. The maximum Gasteiger partial charge on any atom is 0.324 e. The lowest BCUT2D eigenvalue weighted by Gasteiger charge is -2.21. The molecule has 0 aliphatic heterocycles. The summed E-state index contributed by atoms with van der Waals surface area (Å²) in [7, 11) is 0. The number of aromatic nitrogens is 1. The van der Waals surface area contributed by atoms with Gasteiger partial charge < -0.3 is 9.46 Å². The van der Waals surface area contributed by atoms with Gasteiger partial charge in [0.05, 0.1) is 12.3 Å². The second kappa shape index (κ2) is 8.78. The molecule has 1 atom stereocenters. The first-order valence-corrected chi connectivity index (χ1v) is 8.18. The number of hydrogen-bond donors (Lipinski definition) is 2. The summed E-state index contributed by atoms with van der Waals surface area (Å²) in [6.07, 6.45) is 8.65. The molecule has 1 unspecified atom stereocenters. The number of esters is 1. The summed E-state index contributed by atoms with van der Waals surface area (Å²) in [6.45, 7) is 0.354. The van der Waals surface area contributed by atoms with Gasteiger partial charge >= 0.3 is 5.97 Å². The molecule has 1 amide bonds. The van der Waals surface area contributed by atoms with Crippen LogP contribution in [-0.2, 0) is 14.3 Å². The van der Waals surface area contributed by atoms with Gasteiger partial charge in [0.1, 0.15) is 0 Å². The van der Waals surface area contributed by atoms with Crippen molar-refractivity contribution in [3.8, 4) is 0 Å². The van der Waals surface area contributed by atoms with Crippen LogP contribution in [0.15, 0.2) is 24.4 Å². The van der Waals surface area contributed by atoms with Crippen LogP contribution in [0.2, 0.25) is 0 Å². The molecule has 22 heavy (non-hydrogen) atoms. The van der Waals surface area contributed by atoms with Crippen LogP contribution >= 0.6 is 12.8 Å². The number of carbonyl (C=O) groups excluding carboxylic acids is 2. The quantitative estimate of drug-likeness (QED) is 0.480. The molecule has 0 saturated heterocycles. The van der Waals surface area contributed by atoms with Crippen molar-refractivity contribution in [1.29, 1.82) is 0 Å². The molecule has 0 radical (unpaired) electrons.